The molecule has 0 bridgehead atoms. The number of nitrogens with two attached hydrogens (primary N) is 1. The number of methoxy groups -OCH3 is 1. The van der Waals surface area contributed by atoms with Crippen molar-refractivity contribution in [1.82, 2.24) is 0 Å². The summed E-state index contributed by atoms with van der Waals surface area (Å²) >= 11 is 3.48. The molecule has 1 atom stereocenters. The van der Waals surface area contributed by atoms with E-state index in [1.54, 1.807) is 7.11 Å². The Morgan fingerprint density at radius 3 is 2.47 bits per heavy atom. The summed E-state index contributed by atoms with van der Waals surface area (Å²) in [4.78, 5) is 0. The van der Waals surface area contributed by atoms with Gasteiger partial charge >= 0.3 is 0 Å². The van der Waals surface area contributed by atoms with Gasteiger partial charge in [-0.05, 0) is 33.8 Å². The van der Waals surface area contributed by atoms with Crippen molar-refractivity contribution in [2.75, 3.05) is 7.11 Å². The Labute approximate surface area is 98.9 Å². The second-order valence-electron chi connectivity index (χ2n) is 4.85. The first-order chi connectivity index (χ1) is 6.92. The highest BCUT2D eigenvalue weighted by atomic mass is 79.9. The van der Waals surface area contributed by atoms with E-state index in [0.717, 1.165) is 22.2 Å². The molecule has 1 aliphatic carbocycles. The molecule has 2 N–H and O–H groups in total. The summed E-state index contributed by atoms with van der Waals surface area (Å²) in [7, 11) is 1.68. The third-order valence-corrected chi connectivity index (χ3v) is 4.08. The van der Waals surface area contributed by atoms with E-state index in [9.17, 15) is 0 Å². The Morgan fingerprint density at radius 1 is 1.40 bits per heavy atom. The highest BCUT2D eigenvalue weighted by molar-refractivity contribution is 9.10. The molecule has 3 heteroatoms. The second kappa shape index (κ2) is 3.22. The first kappa shape index (κ1) is 11.0. The minimum absolute atomic E-state index is 0.168. The van der Waals surface area contributed by atoms with E-state index in [1.165, 1.54) is 0 Å². The zero-order valence-corrected chi connectivity index (χ0v) is 10.9. The molecule has 2 rings (SSSR count). The Morgan fingerprint density at radius 2 is 2.00 bits per heavy atom. The fraction of sp³-hybridized carbons (Fsp3) is 0.500. The lowest BCUT2D eigenvalue weighted by molar-refractivity contribution is 0.393. The van der Waals surface area contributed by atoms with Crippen LogP contribution >= 0.6 is 15.9 Å². The Kier molecular flexibility index (Phi) is 2.36. The summed E-state index contributed by atoms with van der Waals surface area (Å²) in [6, 6.07) is 6.03. The molecule has 1 fully saturated rings. The molecule has 1 aliphatic rings. The summed E-state index contributed by atoms with van der Waals surface area (Å²) in [6.45, 7) is 4.38. The van der Waals surface area contributed by atoms with Crippen LogP contribution in [-0.2, 0) is 5.54 Å². The van der Waals surface area contributed by atoms with Gasteiger partial charge in [-0.15, -0.1) is 0 Å². The maximum Gasteiger partial charge on any atom is 0.138 e. The van der Waals surface area contributed by atoms with Gasteiger partial charge in [0.1, 0.15) is 5.75 Å². The van der Waals surface area contributed by atoms with E-state index in [1.807, 2.05) is 12.1 Å². The number of halogens is 1. The van der Waals surface area contributed by atoms with Gasteiger partial charge in [0.2, 0.25) is 0 Å². The van der Waals surface area contributed by atoms with Gasteiger partial charge in [-0.3, -0.25) is 0 Å². The normalized spacial score (nSPS) is 27.5. The molecule has 0 aliphatic heterocycles. The van der Waals surface area contributed by atoms with Gasteiger partial charge < -0.3 is 10.5 Å². The van der Waals surface area contributed by atoms with Crippen molar-refractivity contribution in [2.45, 2.75) is 25.8 Å². The van der Waals surface area contributed by atoms with E-state index in [4.69, 9.17) is 10.5 Å². The number of ether oxygens (including phenoxy) is 1. The molecule has 2 nitrogen and oxygen atoms in total. The third-order valence-electron chi connectivity index (χ3n) is 3.46. The van der Waals surface area contributed by atoms with Crippen molar-refractivity contribution in [3.63, 3.8) is 0 Å². The molecule has 0 spiro atoms. The van der Waals surface area contributed by atoms with Crippen molar-refractivity contribution in [3.05, 3.63) is 28.2 Å². The monoisotopic (exact) mass is 269 g/mol. The van der Waals surface area contributed by atoms with Crippen LogP contribution in [0.2, 0.25) is 0 Å². The first-order valence-electron chi connectivity index (χ1n) is 5.04. The largest absolute Gasteiger partial charge is 0.495 e. The van der Waals surface area contributed by atoms with E-state index in [-0.39, 0.29) is 11.0 Å². The SMILES string of the molecule is COc1c(Br)cccc1C1(N)CC1(C)C. The fourth-order valence-electron chi connectivity index (χ4n) is 2.18. The average molecular weight is 270 g/mol. The van der Waals surface area contributed by atoms with Crippen molar-refractivity contribution < 1.29 is 4.74 Å². The lowest BCUT2D eigenvalue weighted by Crippen LogP contribution is -2.26. The van der Waals surface area contributed by atoms with Crippen LogP contribution in [0.25, 0.3) is 0 Å². The van der Waals surface area contributed by atoms with Crippen LogP contribution in [0.4, 0.5) is 0 Å². The number of hydrogen-bond acceptors (Lipinski definition) is 2. The fourth-order valence-corrected chi connectivity index (χ4v) is 2.71. The third kappa shape index (κ3) is 1.49. The van der Waals surface area contributed by atoms with Crippen molar-refractivity contribution in [3.8, 4) is 5.75 Å². The summed E-state index contributed by atoms with van der Waals surface area (Å²) in [5.41, 5.74) is 7.43. The predicted octanol–water partition coefficient (Wildman–Crippen LogP) is 3.04. The van der Waals surface area contributed by atoms with Crippen LogP contribution in [0.5, 0.6) is 5.75 Å². The van der Waals surface area contributed by atoms with Crippen LogP contribution in [-0.4, -0.2) is 7.11 Å². The first-order valence-corrected chi connectivity index (χ1v) is 5.83. The maximum atomic E-state index is 6.39. The zero-order valence-electron chi connectivity index (χ0n) is 9.30. The van der Waals surface area contributed by atoms with Crippen LogP contribution in [0.1, 0.15) is 25.8 Å². The summed E-state index contributed by atoms with van der Waals surface area (Å²) in [5.74, 6) is 0.866. The number of benzene rings is 1. The highest BCUT2D eigenvalue weighted by Gasteiger charge is 2.60. The lowest BCUT2D eigenvalue weighted by atomic mass is 9.96. The number of rotatable bonds is 2. The molecule has 1 saturated carbocycles. The summed E-state index contributed by atoms with van der Waals surface area (Å²) in [6.07, 6.45) is 1.01. The molecule has 15 heavy (non-hydrogen) atoms. The predicted molar refractivity (Wildman–Crippen MR) is 65.0 cm³/mol. The van der Waals surface area contributed by atoms with Gasteiger partial charge in [-0.2, -0.15) is 0 Å². The summed E-state index contributed by atoms with van der Waals surface area (Å²) in [5, 5.41) is 0. The van der Waals surface area contributed by atoms with Gasteiger partial charge in [-0.25, -0.2) is 0 Å². The molecule has 82 valence electrons. The van der Waals surface area contributed by atoms with Crippen molar-refractivity contribution in [2.24, 2.45) is 11.1 Å². The topological polar surface area (TPSA) is 35.2 Å². The Hall–Kier alpha value is -0.540. The number of hydrogen-bond donors (Lipinski definition) is 1. The van der Waals surface area contributed by atoms with Gasteiger partial charge in [0.15, 0.2) is 0 Å². The molecule has 0 amide bonds. The minimum Gasteiger partial charge on any atom is -0.495 e. The number of para-hydroxylation sites is 1. The van der Waals surface area contributed by atoms with E-state index in [2.05, 4.69) is 35.8 Å². The Balaban J connectivity index is 2.51. The molecule has 0 heterocycles. The van der Waals surface area contributed by atoms with Crippen molar-refractivity contribution in [1.29, 1.82) is 0 Å². The van der Waals surface area contributed by atoms with Gasteiger partial charge in [0.05, 0.1) is 17.1 Å². The van der Waals surface area contributed by atoms with Crippen LogP contribution < -0.4 is 10.5 Å². The molecular formula is C12H16BrNO. The molecule has 0 aromatic heterocycles. The lowest BCUT2D eigenvalue weighted by Gasteiger charge is -2.19. The minimum atomic E-state index is -0.234. The van der Waals surface area contributed by atoms with Gasteiger partial charge in [-0.1, -0.05) is 26.0 Å². The smallest absolute Gasteiger partial charge is 0.138 e. The molecule has 1 aromatic carbocycles. The van der Waals surface area contributed by atoms with Gasteiger partial charge in [0.25, 0.3) is 0 Å². The van der Waals surface area contributed by atoms with Crippen LogP contribution in [0, 0.1) is 5.41 Å². The average Bonchev–Trinajstić information content (AvgIpc) is 2.67. The quantitative estimate of drug-likeness (QED) is 0.896. The molecular weight excluding hydrogens is 254 g/mol. The maximum absolute atomic E-state index is 6.39. The van der Waals surface area contributed by atoms with E-state index >= 15 is 0 Å². The standard InChI is InChI=1S/C12H16BrNO/c1-11(2)7-12(11,14)8-5-4-6-9(13)10(8)15-3/h4-6H,7,14H2,1-3H3. The zero-order chi connectivity index (χ0) is 11.3. The van der Waals surface area contributed by atoms with Gasteiger partial charge in [0, 0.05) is 5.56 Å². The molecule has 0 radical (unpaired) electrons. The molecule has 1 aromatic rings. The van der Waals surface area contributed by atoms with Crippen LogP contribution in [0.3, 0.4) is 0 Å². The van der Waals surface area contributed by atoms with E-state index < -0.39 is 0 Å². The van der Waals surface area contributed by atoms with Crippen molar-refractivity contribution >= 4 is 15.9 Å². The molecule has 1 unspecified atom stereocenters. The van der Waals surface area contributed by atoms with Crippen LogP contribution in [0.15, 0.2) is 22.7 Å². The highest BCUT2D eigenvalue weighted by Crippen LogP contribution is 2.62. The molecule has 0 saturated heterocycles. The summed E-state index contributed by atoms with van der Waals surface area (Å²) < 4.78 is 6.38. The van der Waals surface area contributed by atoms with E-state index in [0.29, 0.717) is 0 Å². The Bertz CT molecular complexity index is 403. The second-order valence-corrected chi connectivity index (χ2v) is 5.71.